The van der Waals surface area contributed by atoms with Gasteiger partial charge in [0, 0.05) is 49.7 Å². The first-order valence-corrected chi connectivity index (χ1v) is 12.9. The van der Waals surface area contributed by atoms with Gasteiger partial charge >= 0.3 is 0 Å². The maximum absolute atomic E-state index is 13.1. The van der Waals surface area contributed by atoms with Gasteiger partial charge in [0.25, 0.3) is 5.91 Å². The standard InChI is InChI=1S/C25H34N6O2S/c1-3-4-9-26-16-22(32)21(14-18-15-27-20-8-6-5-7-19(18)20)29-24(33)23-17-28-25(34-23)31-12-10-30(2)11-13-31/h5-8,15,17,21,26-27H,3-4,9-14,16H2,1-2H3,(H,29,33). The molecule has 1 unspecified atom stereocenters. The quantitative estimate of drug-likeness (QED) is 0.364. The van der Waals surface area contributed by atoms with Gasteiger partial charge in [-0.15, -0.1) is 0 Å². The van der Waals surface area contributed by atoms with Crippen molar-refractivity contribution in [1.82, 2.24) is 25.5 Å². The van der Waals surface area contributed by atoms with Gasteiger partial charge in [-0.3, -0.25) is 9.59 Å². The lowest BCUT2D eigenvalue weighted by Gasteiger charge is -2.32. The number of nitrogens with zero attached hydrogens (tertiary/aromatic N) is 3. The molecule has 0 aliphatic carbocycles. The van der Waals surface area contributed by atoms with Crippen LogP contribution < -0.4 is 15.5 Å². The van der Waals surface area contributed by atoms with Crippen LogP contribution >= 0.6 is 11.3 Å². The van der Waals surface area contributed by atoms with E-state index in [9.17, 15) is 9.59 Å². The maximum Gasteiger partial charge on any atom is 0.263 e. The summed E-state index contributed by atoms with van der Waals surface area (Å²) in [7, 11) is 2.11. The number of carbonyl (C=O) groups excluding carboxylic acids is 2. The first kappa shape index (κ1) is 24.4. The number of anilines is 1. The second kappa shape index (κ2) is 11.6. The summed E-state index contributed by atoms with van der Waals surface area (Å²) in [5, 5.41) is 8.15. The van der Waals surface area contributed by atoms with Crippen molar-refractivity contribution >= 4 is 39.1 Å². The number of piperazine rings is 1. The monoisotopic (exact) mass is 482 g/mol. The molecule has 0 spiro atoms. The van der Waals surface area contributed by atoms with Crippen LogP contribution in [0.5, 0.6) is 0 Å². The van der Waals surface area contributed by atoms with Gasteiger partial charge < -0.3 is 25.4 Å². The highest BCUT2D eigenvalue weighted by atomic mass is 32.1. The molecule has 0 bridgehead atoms. The van der Waals surface area contributed by atoms with Crippen LogP contribution in [0, 0.1) is 0 Å². The van der Waals surface area contributed by atoms with E-state index in [1.54, 1.807) is 6.20 Å². The second-order valence-electron chi connectivity index (χ2n) is 8.88. The molecular formula is C25H34N6O2S. The van der Waals surface area contributed by atoms with Crippen LogP contribution in [0.4, 0.5) is 5.13 Å². The number of unbranched alkanes of at least 4 members (excludes halogenated alkanes) is 1. The van der Waals surface area contributed by atoms with Gasteiger partial charge in [-0.1, -0.05) is 42.9 Å². The number of Topliss-reactive ketones (excluding diaryl/α,β-unsaturated/α-hetero) is 1. The lowest BCUT2D eigenvalue weighted by Crippen LogP contribution is -2.45. The fourth-order valence-corrected chi connectivity index (χ4v) is 5.02. The van der Waals surface area contributed by atoms with E-state index in [-0.39, 0.29) is 18.2 Å². The number of H-pyrrole nitrogens is 1. The molecule has 1 saturated heterocycles. The highest BCUT2D eigenvalue weighted by Gasteiger charge is 2.25. The Morgan fingerprint density at radius 2 is 2.00 bits per heavy atom. The van der Waals surface area contributed by atoms with Crippen molar-refractivity contribution in [3.63, 3.8) is 0 Å². The van der Waals surface area contributed by atoms with Crippen molar-refractivity contribution in [3.05, 3.63) is 47.1 Å². The zero-order valence-electron chi connectivity index (χ0n) is 20.0. The Kier molecular flexibility index (Phi) is 8.31. The Balaban J connectivity index is 1.46. The third-order valence-corrected chi connectivity index (χ3v) is 7.35. The minimum atomic E-state index is -0.616. The largest absolute Gasteiger partial charge is 0.361 e. The zero-order valence-corrected chi connectivity index (χ0v) is 20.8. The van der Waals surface area contributed by atoms with Crippen LogP contribution in [-0.4, -0.2) is 78.9 Å². The Labute approximate surface area is 204 Å². The summed E-state index contributed by atoms with van der Waals surface area (Å²) in [6.45, 7) is 6.91. The Morgan fingerprint density at radius 1 is 1.21 bits per heavy atom. The van der Waals surface area contributed by atoms with E-state index in [0.717, 1.165) is 67.2 Å². The highest BCUT2D eigenvalue weighted by molar-refractivity contribution is 7.17. The number of aromatic nitrogens is 2. The number of hydrogen-bond acceptors (Lipinski definition) is 7. The summed E-state index contributed by atoms with van der Waals surface area (Å²) in [6.07, 6.45) is 6.08. The van der Waals surface area contributed by atoms with E-state index in [0.29, 0.717) is 11.3 Å². The predicted molar refractivity (Wildman–Crippen MR) is 138 cm³/mol. The first-order valence-electron chi connectivity index (χ1n) is 12.0. The molecular weight excluding hydrogens is 448 g/mol. The number of benzene rings is 1. The number of thiazole rings is 1. The number of hydrogen-bond donors (Lipinski definition) is 3. The molecule has 1 fully saturated rings. The van der Waals surface area contributed by atoms with Gasteiger partial charge in [-0.25, -0.2) is 4.98 Å². The van der Waals surface area contributed by atoms with E-state index in [1.165, 1.54) is 11.3 Å². The van der Waals surface area contributed by atoms with E-state index < -0.39 is 6.04 Å². The second-order valence-corrected chi connectivity index (χ2v) is 9.89. The van der Waals surface area contributed by atoms with Gasteiger partial charge in [0.2, 0.25) is 0 Å². The smallest absolute Gasteiger partial charge is 0.263 e. The molecule has 1 aliphatic heterocycles. The van der Waals surface area contributed by atoms with E-state index in [2.05, 4.69) is 44.4 Å². The molecule has 34 heavy (non-hydrogen) atoms. The Bertz CT molecular complexity index is 1100. The molecule has 1 atom stereocenters. The number of rotatable bonds is 11. The average molecular weight is 483 g/mol. The summed E-state index contributed by atoms with van der Waals surface area (Å²) in [4.78, 5) is 39.0. The van der Waals surface area contributed by atoms with Crippen molar-refractivity contribution in [2.24, 2.45) is 0 Å². The third kappa shape index (κ3) is 6.02. The lowest BCUT2D eigenvalue weighted by molar-refractivity contribution is -0.120. The van der Waals surface area contributed by atoms with Crippen LogP contribution in [0.15, 0.2) is 36.7 Å². The van der Waals surface area contributed by atoms with Gasteiger partial charge in [-0.05, 0) is 31.6 Å². The molecule has 1 amide bonds. The number of likely N-dealkylation sites (N-methyl/N-ethyl adjacent to an activating group) is 1. The van der Waals surface area contributed by atoms with E-state index in [4.69, 9.17) is 0 Å². The van der Waals surface area contributed by atoms with Crippen LogP contribution in [0.2, 0.25) is 0 Å². The lowest BCUT2D eigenvalue weighted by atomic mass is 10.0. The van der Waals surface area contributed by atoms with Gasteiger partial charge in [0.1, 0.15) is 4.88 Å². The molecule has 3 aromatic rings. The van der Waals surface area contributed by atoms with Gasteiger partial charge in [-0.2, -0.15) is 0 Å². The Hall–Kier alpha value is -2.75. The van der Waals surface area contributed by atoms with Gasteiger partial charge in [0.05, 0.1) is 18.8 Å². The fraction of sp³-hybridized carbons (Fsp3) is 0.480. The molecule has 0 saturated carbocycles. The summed E-state index contributed by atoms with van der Waals surface area (Å²) in [6, 6.07) is 7.40. The third-order valence-electron chi connectivity index (χ3n) is 6.29. The molecule has 2 aromatic heterocycles. The molecule has 182 valence electrons. The average Bonchev–Trinajstić information content (AvgIpc) is 3.50. The van der Waals surface area contributed by atoms with Gasteiger partial charge in [0.15, 0.2) is 10.9 Å². The minimum absolute atomic E-state index is 0.0152. The van der Waals surface area contributed by atoms with Crippen LogP contribution in [-0.2, 0) is 11.2 Å². The van der Waals surface area contributed by atoms with Crippen molar-refractivity contribution in [3.8, 4) is 0 Å². The molecule has 9 heteroatoms. The topological polar surface area (TPSA) is 93.4 Å². The van der Waals surface area contributed by atoms with Crippen LogP contribution in [0.25, 0.3) is 10.9 Å². The number of carbonyl (C=O) groups is 2. The molecule has 0 radical (unpaired) electrons. The van der Waals surface area contributed by atoms with Crippen LogP contribution in [0.3, 0.4) is 0 Å². The zero-order chi connectivity index (χ0) is 23.9. The van der Waals surface area contributed by atoms with E-state index in [1.807, 2.05) is 30.5 Å². The predicted octanol–water partition coefficient (Wildman–Crippen LogP) is 2.68. The summed E-state index contributed by atoms with van der Waals surface area (Å²) in [5.74, 6) is -0.261. The normalized spacial score (nSPS) is 15.5. The van der Waals surface area contributed by atoms with Crippen molar-refractivity contribution in [2.45, 2.75) is 32.2 Å². The molecule has 8 nitrogen and oxygen atoms in total. The first-order chi connectivity index (χ1) is 16.5. The summed E-state index contributed by atoms with van der Waals surface area (Å²) in [5.41, 5.74) is 2.04. The number of amides is 1. The molecule has 3 N–H and O–H groups in total. The maximum atomic E-state index is 13.1. The number of aromatic amines is 1. The molecule has 1 aliphatic rings. The van der Waals surface area contributed by atoms with Crippen molar-refractivity contribution in [1.29, 1.82) is 0 Å². The summed E-state index contributed by atoms with van der Waals surface area (Å²) < 4.78 is 0. The minimum Gasteiger partial charge on any atom is -0.361 e. The number of para-hydroxylation sites is 1. The van der Waals surface area contributed by atoms with Crippen molar-refractivity contribution < 1.29 is 9.59 Å². The highest BCUT2D eigenvalue weighted by Crippen LogP contribution is 2.24. The Morgan fingerprint density at radius 3 is 2.79 bits per heavy atom. The number of fused-ring (bicyclic) bond motifs is 1. The number of ketones is 1. The van der Waals surface area contributed by atoms with E-state index >= 15 is 0 Å². The molecule has 1 aromatic carbocycles. The fourth-order valence-electron chi connectivity index (χ4n) is 4.15. The van der Waals surface area contributed by atoms with Crippen molar-refractivity contribution in [2.75, 3.05) is 51.2 Å². The molecule has 3 heterocycles. The summed E-state index contributed by atoms with van der Waals surface area (Å²) >= 11 is 1.39. The molecule has 4 rings (SSSR count). The number of nitrogens with one attached hydrogen (secondary N) is 3. The SMILES string of the molecule is CCCCNCC(=O)C(Cc1c[nH]c2ccccc12)NC(=O)c1cnc(N2CCN(C)CC2)s1. The van der Waals surface area contributed by atoms with Crippen LogP contribution in [0.1, 0.15) is 35.0 Å².